The zero-order chi connectivity index (χ0) is 22.7. The van der Waals surface area contributed by atoms with Crippen LogP contribution in [0.3, 0.4) is 0 Å². The van der Waals surface area contributed by atoms with Gasteiger partial charge in [0.25, 0.3) is 0 Å². The molecule has 3 N–H and O–H groups in total. The van der Waals surface area contributed by atoms with Crippen molar-refractivity contribution in [3.63, 3.8) is 0 Å². The highest BCUT2D eigenvalue weighted by Crippen LogP contribution is 2.46. The minimum Gasteiger partial charge on any atom is -0.480 e. The molecule has 1 aliphatic heterocycles. The van der Waals surface area contributed by atoms with E-state index in [1.54, 1.807) is 4.90 Å². The summed E-state index contributed by atoms with van der Waals surface area (Å²) in [6.07, 6.45) is 0.632. The number of aliphatic carboxylic acids is 1. The summed E-state index contributed by atoms with van der Waals surface area (Å²) in [4.78, 5) is 12.9. The molecule has 166 valence electrons. The Balaban J connectivity index is 1.71. The number of fused-ring (bicyclic) bond motifs is 1. The monoisotopic (exact) mass is 450 g/mol. The average Bonchev–Trinajstić information content (AvgIpc) is 3.17. The van der Waals surface area contributed by atoms with E-state index in [-0.39, 0.29) is 6.54 Å². The van der Waals surface area contributed by atoms with Gasteiger partial charge in [0.2, 0.25) is 0 Å². The predicted molar refractivity (Wildman–Crippen MR) is 127 cm³/mol. The van der Waals surface area contributed by atoms with Crippen molar-refractivity contribution in [1.29, 1.82) is 0 Å². The number of benzene rings is 3. The first-order valence-corrected chi connectivity index (χ1v) is 11.0. The summed E-state index contributed by atoms with van der Waals surface area (Å²) in [6, 6.07) is 22.4. The molecule has 1 unspecified atom stereocenters. The van der Waals surface area contributed by atoms with E-state index in [1.165, 1.54) is 0 Å². The van der Waals surface area contributed by atoms with E-state index in [2.05, 4.69) is 30.3 Å². The zero-order valence-corrected chi connectivity index (χ0v) is 18.8. The fraction of sp³-hybridized carbons (Fsp3) is 0.269. The van der Waals surface area contributed by atoms with E-state index in [4.69, 9.17) is 27.2 Å². The molecule has 0 aromatic heterocycles. The van der Waals surface area contributed by atoms with E-state index in [0.29, 0.717) is 31.1 Å². The molecule has 0 radical (unpaired) electrons. The van der Waals surface area contributed by atoms with Crippen molar-refractivity contribution in [2.24, 2.45) is 5.73 Å². The molecule has 0 amide bonds. The Hall–Kier alpha value is -2.70. The third-order valence-electron chi connectivity index (χ3n) is 6.07. The third kappa shape index (κ3) is 4.57. The first kappa shape index (κ1) is 22.5. The topological polar surface area (TPSA) is 75.8 Å². The fourth-order valence-electron chi connectivity index (χ4n) is 4.41. The molecular formula is C26H27ClN2O3. The van der Waals surface area contributed by atoms with Gasteiger partial charge in [-0.1, -0.05) is 54.1 Å². The Bertz CT molecular complexity index is 1120. The van der Waals surface area contributed by atoms with Gasteiger partial charge in [-0.15, -0.1) is 0 Å². The highest BCUT2D eigenvalue weighted by molar-refractivity contribution is 6.30. The summed E-state index contributed by atoms with van der Waals surface area (Å²) in [5.74, 6) is -0.842. The molecule has 0 spiro atoms. The Morgan fingerprint density at radius 1 is 1.12 bits per heavy atom. The largest absolute Gasteiger partial charge is 0.480 e. The third-order valence-corrected chi connectivity index (χ3v) is 6.32. The van der Waals surface area contributed by atoms with Gasteiger partial charge in [0.05, 0.1) is 13.2 Å². The van der Waals surface area contributed by atoms with Crippen LogP contribution in [0.2, 0.25) is 5.02 Å². The van der Waals surface area contributed by atoms with Gasteiger partial charge in [0.15, 0.2) is 0 Å². The zero-order valence-electron chi connectivity index (χ0n) is 18.1. The molecule has 0 saturated heterocycles. The summed E-state index contributed by atoms with van der Waals surface area (Å²) >= 11 is 6.14. The first-order chi connectivity index (χ1) is 15.4. The van der Waals surface area contributed by atoms with Crippen molar-refractivity contribution in [1.82, 2.24) is 4.90 Å². The molecule has 1 heterocycles. The van der Waals surface area contributed by atoms with Crippen LogP contribution in [0, 0.1) is 0 Å². The van der Waals surface area contributed by atoms with Crippen LogP contribution in [0.25, 0.3) is 11.1 Å². The second-order valence-electron chi connectivity index (χ2n) is 8.28. The maximum atomic E-state index is 11.1. The van der Waals surface area contributed by atoms with Crippen LogP contribution >= 0.6 is 11.6 Å². The number of nitrogens with two attached hydrogens (primary N) is 1. The molecule has 0 fully saturated rings. The summed E-state index contributed by atoms with van der Waals surface area (Å²) in [5.41, 5.74) is 11.8. The number of hydrogen-bond acceptors (Lipinski definition) is 4. The number of rotatable bonds is 8. The van der Waals surface area contributed by atoms with E-state index in [9.17, 15) is 4.79 Å². The maximum Gasteiger partial charge on any atom is 0.317 e. The van der Waals surface area contributed by atoms with Gasteiger partial charge in [-0.3, -0.25) is 9.69 Å². The van der Waals surface area contributed by atoms with Crippen molar-refractivity contribution >= 4 is 17.6 Å². The lowest BCUT2D eigenvalue weighted by atomic mass is 9.82. The molecule has 32 heavy (non-hydrogen) atoms. The van der Waals surface area contributed by atoms with Crippen LogP contribution in [-0.2, 0) is 28.3 Å². The Morgan fingerprint density at radius 3 is 2.59 bits per heavy atom. The first-order valence-electron chi connectivity index (χ1n) is 10.6. The van der Waals surface area contributed by atoms with Crippen molar-refractivity contribution in [2.75, 3.05) is 20.1 Å². The van der Waals surface area contributed by atoms with E-state index in [1.807, 2.05) is 43.4 Å². The quantitative estimate of drug-likeness (QED) is 0.522. The van der Waals surface area contributed by atoms with Crippen molar-refractivity contribution in [3.05, 3.63) is 94.0 Å². The van der Waals surface area contributed by atoms with Crippen LogP contribution in [0.1, 0.15) is 28.7 Å². The average molecular weight is 451 g/mol. The minimum atomic E-state index is -0.842. The van der Waals surface area contributed by atoms with Crippen LogP contribution in [0.5, 0.6) is 0 Å². The van der Waals surface area contributed by atoms with Gasteiger partial charge in [-0.05, 0) is 71.1 Å². The number of halogens is 1. The van der Waals surface area contributed by atoms with Crippen molar-refractivity contribution < 1.29 is 14.6 Å². The predicted octanol–water partition coefficient (Wildman–Crippen LogP) is 4.65. The lowest BCUT2D eigenvalue weighted by molar-refractivity contribution is -0.138. The van der Waals surface area contributed by atoms with Crippen LogP contribution in [0.4, 0.5) is 0 Å². The number of hydrogen-bond donors (Lipinski definition) is 2. The lowest BCUT2D eigenvalue weighted by Crippen LogP contribution is -2.34. The van der Waals surface area contributed by atoms with Gasteiger partial charge < -0.3 is 15.6 Å². The van der Waals surface area contributed by atoms with Crippen LogP contribution < -0.4 is 5.73 Å². The van der Waals surface area contributed by atoms with Gasteiger partial charge in [-0.25, -0.2) is 0 Å². The van der Waals surface area contributed by atoms with E-state index >= 15 is 0 Å². The molecule has 1 atom stereocenters. The maximum absolute atomic E-state index is 11.1. The lowest BCUT2D eigenvalue weighted by Gasteiger charge is -2.32. The van der Waals surface area contributed by atoms with Gasteiger partial charge in [0, 0.05) is 18.1 Å². The Kier molecular flexibility index (Phi) is 6.63. The molecular weight excluding hydrogens is 424 g/mol. The van der Waals surface area contributed by atoms with Crippen LogP contribution in [0.15, 0.2) is 66.7 Å². The normalized spacial score (nSPS) is 17.5. The molecule has 3 aromatic carbocycles. The van der Waals surface area contributed by atoms with E-state index < -0.39 is 11.6 Å². The number of carboxylic acid groups (broad SMARTS) is 1. The number of carbonyl (C=O) groups is 1. The molecule has 3 aromatic rings. The molecule has 0 aliphatic carbocycles. The molecule has 1 aliphatic rings. The molecule has 4 rings (SSSR count). The highest BCUT2D eigenvalue weighted by Gasteiger charge is 2.41. The standard InChI is InChI=1S/C26H27ClN2O3/c1-29(16-25(30)31)12-11-26(22-6-8-23(27)9-7-22)24-10-5-20(14-21(24)17-32-26)19-4-2-3-18(13-19)15-28/h2-10,13-14H,11-12,15-17,28H2,1H3,(H,30,31). The SMILES string of the molecule is CN(CCC1(c2ccc(Cl)cc2)OCc2cc(-c3cccc(CN)c3)ccc21)CC(=O)O. The second kappa shape index (κ2) is 9.43. The fourth-order valence-corrected chi connectivity index (χ4v) is 4.54. The number of ether oxygens (including phenoxy) is 1. The summed E-state index contributed by atoms with van der Waals surface area (Å²) in [5, 5.41) is 9.79. The van der Waals surface area contributed by atoms with Crippen molar-refractivity contribution in [3.8, 4) is 11.1 Å². The Morgan fingerprint density at radius 2 is 1.88 bits per heavy atom. The summed E-state index contributed by atoms with van der Waals surface area (Å²) in [6.45, 7) is 1.56. The smallest absolute Gasteiger partial charge is 0.317 e. The minimum absolute atomic E-state index is 0.0139. The summed E-state index contributed by atoms with van der Waals surface area (Å²) < 4.78 is 6.49. The molecule has 0 bridgehead atoms. The van der Waals surface area contributed by atoms with Gasteiger partial charge in [-0.2, -0.15) is 0 Å². The van der Waals surface area contributed by atoms with E-state index in [0.717, 1.165) is 33.4 Å². The highest BCUT2D eigenvalue weighted by atomic mass is 35.5. The molecule has 5 nitrogen and oxygen atoms in total. The van der Waals surface area contributed by atoms with Crippen molar-refractivity contribution in [2.45, 2.75) is 25.2 Å². The second-order valence-corrected chi connectivity index (χ2v) is 8.72. The van der Waals surface area contributed by atoms with Gasteiger partial charge in [0.1, 0.15) is 5.60 Å². The number of carboxylic acids is 1. The molecule has 6 heteroatoms. The van der Waals surface area contributed by atoms with Gasteiger partial charge >= 0.3 is 5.97 Å². The molecule has 0 saturated carbocycles. The number of likely N-dealkylation sites (N-methyl/N-ethyl adjacent to an activating group) is 1. The Labute approximate surface area is 193 Å². The summed E-state index contributed by atoms with van der Waals surface area (Å²) in [7, 11) is 1.81. The van der Waals surface area contributed by atoms with Crippen LogP contribution in [-0.4, -0.2) is 36.1 Å². The number of nitrogens with zero attached hydrogens (tertiary/aromatic N) is 1.